The van der Waals surface area contributed by atoms with E-state index in [1.807, 2.05) is 0 Å². The molecule has 0 aliphatic heterocycles. The largest absolute Gasteiger partial charge is 0.472 e. The molecule has 558 valence electrons. The molecule has 6 atom stereocenters. The molecule has 3 unspecified atom stereocenters. The Bertz CT molecular complexity index is 1850. The van der Waals surface area contributed by atoms with E-state index in [-0.39, 0.29) is 25.7 Å². The summed E-state index contributed by atoms with van der Waals surface area (Å²) < 4.78 is 68.5. The van der Waals surface area contributed by atoms with Crippen molar-refractivity contribution in [2.45, 2.75) is 395 Å². The smallest absolute Gasteiger partial charge is 0.462 e. The van der Waals surface area contributed by atoms with E-state index in [1.54, 1.807) is 0 Å². The van der Waals surface area contributed by atoms with Crippen LogP contribution in [0.2, 0.25) is 0 Å². The SMILES string of the molecule is CCC(C)CCCCCCCCC(=O)OC[C@H](COP(=O)(O)OC[C@H](O)COP(=O)(O)OC[C@@H](COC(=O)CCCCCCCCCCCCCCC(C)C)OC(=O)CCCCCCCCCCCCCCCCC(C)C)OC(=O)CCCCCCCCCCCC(C)C. The van der Waals surface area contributed by atoms with Gasteiger partial charge in [-0.25, -0.2) is 9.13 Å². The van der Waals surface area contributed by atoms with E-state index in [0.717, 1.165) is 120 Å². The highest BCUT2D eigenvalue weighted by molar-refractivity contribution is 7.47. The number of phosphoric ester groups is 2. The molecule has 0 spiro atoms. The molecule has 0 aromatic rings. The molecule has 94 heavy (non-hydrogen) atoms. The number of phosphoric acid groups is 2. The van der Waals surface area contributed by atoms with Gasteiger partial charge in [0.15, 0.2) is 12.2 Å². The summed E-state index contributed by atoms with van der Waals surface area (Å²) in [6.07, 6.45) is 48.6. The first-order valence-electron chi connectivity index (χ1n) is 38.7. The lowest BCUT2D eigenvalue weighted by Gasteiger charge is -2.21. The van der Waals surface area contributed by atoms with Crippen molar-refractivity contribution in [2.24, 2.45) is 23.7 Å². The zero-order valence-electron chi connectivity index (χ0n) is 61.6. The topological polar surface area (TPSA) is 237 Å². The fourth-order valence-corrected chi connectivity index (χ4v) is 12.9. The van der Waals surface area contributed by atoms with E-state index in [4.69, 9.17) is 37.0 Å². The third-order valence-corrected chi connectivity index (χ3v) is 19.6. The summed E-state index contributed by atoms with van der Waals surface area (Å²) in [6, 6.07) is 0. The van der Waals surface area contributed by atoms with Crippen molar-refractivity contribution in [1.29, 1.82) is 0 Å². The molecule has 0 fully saturated rings. The number of hydrogen-bond donors (Lipinski definition) is 3. The van der Waals surface area contributed by atoms with Gasteiger partial charge in [-0.2, -0.15) is 0 Å². The van der Waals surface area contributed by atoms with Crippen LogP contribution < -0.4 is 0 Å². The van der Waals surface area contributed by atoms with Crippen LogP contribution >= 0.6 is 15.6 Å². The van der Waals surface area contributed by atoms with Crippen molar-refractivity contribution in [3.63, 3.8) is 0 Å². The first kappa shape index (κ1) is 92.1. The fraction of sp³-hybridized carbons (Fsp3) is 0.947. The number of aliphatic hydroxyl groups excluding tert-OH is 1. The Morgan fingerprint density at radius 3 is 0.755 bits per heavy atom. The molecular formula is C75H146O17P2. The lowest BCUT2D eigenvalue weighted by molar-refractivity contribution is -0.161. The molecule has 0 bridgehead atoms. The summed E-state index contributed by atoms with van der Waals surface area (Å²) in [5.41, 5.74) is 0. The summed E-state index contributed by atoms with van der Waals surface area (Å²) >= 11 is 0. The highest BCUT2D eigenvalue weighted by atomic mass is 31.2. The minimum Gasteiger partial charge on any atom is -0.462 e. The number of carbonyl (C=O) groups is 4. The van der Waals surface area contributed by atoms with Crippen LogP contribution in [0.1, 0.15) is 376 Å². The number of esters is 4. The minimum atomic E-state index is -4.96. The van der Waals surface area contributed by atoms with E-state index in [9.17, 15) is 43.2 Å². The predicted molar refractivity (Wildman–Crippen MR) is 381 cm³/mol. The van der Waals surface area contributed by atoms with Gasteiger partial charge in [0.1, 0.15) is 19.3 Å². The van der Waals surface area contributed by atoms with Gasteiger partial charge in [0.2, 0.25) is 0 Å². The van der Waals surface area contributed by atoms with Gasteiger partial charge >= 0.3 is 39.5 Å². The zero-order valence-corrected chi connectivity index (χ0v) is 63.4. The molecule has 0 rings (SSSR count). The maximum absolute atomic E-state index is 13.1. The van der Waals surface area contributed by atoms with E-state index in [2.05, 4.69) is 55.4 Å². The average Bonchev–Trinajstić information content (AvgIpc) is 1.19. The monoisotopic (exact) mass is 1380 g/mol. The van der Waals surface area contributed by atoms with Gasteiger partial charge in [0, 0.05) is 25.7 Å². The Balaban J connectivity index is 5.26. The van der Waals surface area contributed by atoms with Crippen molar-refractivity contribution >= 4 is 39.5 Å². The van der Waals surface area contributed by atoms with Gasteiger partial charge in [-0.15, -0.1) is 0 Å². The lowest BCUT2D eigenvalue weighted by Crippen LogP contribution is -2.30. The first-order valence-corrected chi connectivity index (χ1v) is 41.7. The number of carbonyl (C=O) groups excluding carboxylic acids is 4. The Hall–Kier alpha value is -1.94. The summed E-state index contributed by atoms with van der Waals surface area (Å²) in [5.74, 6) is 0.921. The van der Waals surface area contributed by atoms with Crippen LogP contribution in [-0.4, -0.2) is 96.7 Å². The number of hydrogen-bond acceptors (Lipinski definition) is 15. The van der Waals surface area contributed by atoms with Crippen molar-refractivity contribution in [3.05, 3.63) is 0 Å². The Kier molecular flexibility index (Phi) is 63.1. The van der Waals surface area contributed by atoms with Crippen LogP contribution in [0.3, 0.4) is 0 Å². The normalized spacial score (nSPS) is 14.4. The third-order valence-electron chi connectivity index (χ3n) is 17.7. The van der Waals surface area contributed by atoms with Crippen molar-refractivity contribution in [2.75, 3.05) is 39.6 Å². The second kappa shape index (κ2) is 64.4. The number of aliphatic hydroxyl groups is 1. The molecule has 0 amide bonds. The second-order valence-electron chi connectivity index (χ2n) is 28.7. The highest BCUT2D eigenvalue weighted by Crippen LogP contribution is 2.45. The molecule has 0 aromatic carbocycles. The van der Waals surface area contributed by atoms with Gasteiger partial charge in [0.25, 0.3) is 0 Å². The summed E-state index contributed by atoms with van der Waals surface area (Å²) in [7, 11) is -9.91. The number of unbranched alkanes of at least 4 members (excludes halogenated alkanes) is 37. The van der Waals surface area contributed by atoms with Crippen LogP contribution in [0.5, 0.6) is 0 Å². The van der Waals surface area contributed by atoms with Crippen molar-refractivity contribution in [3.8, 4) is 0 Å². The van der Waals surface area contributed by atoms with Gasteiger partial charge < -0.3 is 33.8 Å². The molecule has 0 aliphatic rings. The standard InChI is InChI=1S/C75H146O17P2/c1-9-68(8)54-46-38-33-34-40-48-56-73(78)86-62-71(92-75(80)58-50-42-32-26-20-23-29-37-45-53-67(6)7)64-90-94(83,84)88-60-69(76)59-87-93(81,82)89-63-70(61-85-72(77)55-47-39-30-24-18-15-14-17-22-28-36-44-52-66(4)5)91-74(79)57-49-41-31-25-19-13-11-10-12-16-21-27-35-43-51-65(2)3/h65-71,76H,9-64H2,1-8H3,(H,81,82)(H,83,84)/t68?,69-,70-,71-/m1/s1. The molecule has 0 aliphatic carbocycles. The summed E-state index contributed by atoms with van der Waals surface area (Å²) in [6.45, 7) is 14.2. The molecule has 0 heterocycles. The van der Waals surface area contributed by atoms with Gasteiger partial charge in [0.05, 0.1) is 26.4 Å². The maximum Gasteiger partial charge on any atom is 0.472 e. The quantitative estimate of drug-likeness (QED) is 0.0222. The van der Waals surface area contributed by atoms with E-state index < -0.39 is 97.5 Å². The highest BCUT2D eigenvalue weighted by Gasteiger charge is 2.30. The number of ether oxygens (including phenoxy) is 4. The predicted octanol–water partition coefficient (Wildman–Crippen LogP) is 21.7. The Morgan fingerprint density at radius 1 is 0.298 bits per heavy atom. The van der Waals surface area contributed by atoms with Crippen molar-refractivity contribution < 1.29 is 80.2 Å². The summed E-state index contributed by atoms with van der Waals surface area (Å²) in [4.78, 5) is 72.8. The first-order chi connectivity index (χ1) is 45.1. The van der Waals surface area contributed by atoms with Gasteiger partial charge in [-0.1, -0.05) is 325 Å². The maximum atomic E-state index is 13.1. The Morgan fingerprint density at radius 2 is 0.511 bits per heavy atom. The van der Waals surface area contributed by atoms with Crippen LogP contribution in [0.15, 0.2) is 0 Å². The summed E-state index contributed by atoms with van der Waals surface area (Å²) in [5, 5.41) is 10.6. The molecule has 0 aromatic heterocycles. The Labute approximate surface area is 575 Å². The molecule has 0 saturated heterocycles. The van der Waals surface area contributed by atoms with E-state index >= 15 is 0 Å². The van der Waals surface area contributed by atoms with E-state index in [1.165, 1.54) is 173 Å². The van der Waals surface area contributed by atoms with E-state index in [0.29, 0.717) is 25.7 Å². The van der Waals surface area contributed by atoms with Crippen LogP contribution in [-0.2, 0) is 65.4 Å². The fourth-order valence-electron chi connectivity index (χ4n) is 11.3. The molecule has 17 nitrogen and oxygen atoms in total. The minimum absolute atomic E-state index is 0.104. The lowest BCUT2D eigenvalue weighted by atomic mass is 10.00. The van der Waals surface area contributed by atoms with Crippen LogP contribution in [0, 0.1) is 23.7 Å². The van der Waals surface area contributed by atoms with Crippen molar-refractivity contribution in [1.82, 2.24) is 0 Å². The molecular weight excluding hydrogens is 1230 g/mol. The van der Waals surface area contributed by atoms with Gasteiger partial charge in [-0.05, 0) is 49.4 Å². The third kappa shape index (κ3) is 67.3. The second-order valence-corrected chi connectivity index (χ2v) is 31.6. The molecule has 0 radical (unpaired) electrons. The van der Waals surface area contributed by atoms with Crippen LogP contribution in [0.4, 0.5) is 0 Å². The molecule has 19 heteroatoms. The van der Waals surface area contributed by atoms with Crippen LogP contribution in [0.25, 0.3) is 0 Å². The molecule has 0 saturated carbocycles. The average molecular weight is 1380 g/mol. The van der Waals surface area contributed by atoms with Gasteiger partial charge in [-0.3, -0.25) is 37.3 Å². The zero-order chi connectivity index (χ0) is 69.6. The number of rotatable bonds is 72. The molecule has 3 N–H and O–H groups in total.